The van der Waals surface area contributed by atoms with Gasteiger partial charge in [0.25, 0.3) is 0 Å². The van der Waals surface area contributed by atoms with Crippen LogP contribution < -0.4 is 5.32 Å². The molecule has 0 spiro atoms. The van der Waals surface area contributed by atoms with Crippen molar-refractivity contribution in [2.45, 2.75) is 11.6 Å². The molecule has 0 radical (unpaired) electrons. The number of hydrogen-bond acceptors (Lipinski definition) is 4. The van der Waals surface area contributed by atoms with Crippen LogP contribution >= 0.6 is 27.7 Å². The molecule has 0 saturated carbocycles. The van der Waals surface area contributed by atoms with E-state index in [1.54, 1.807) is 24.3 Å². The van der Waals surface area contributed by atoms with Gasteiger partial charge >= 0.3 is 0 Å². The molecule has 0 aliphatic heterocycles. The molecule has 90 valence electrons. The Balaban J connectivity index is 1.65. The molecule has 0 aliphatic carbocycles. The molecule has 3 nitrogen and oxygen atoms in total. The summed E-state index contributed by atoms with van der Waals surface area (Å²) in [5.41, 5.74) is 1.18. The van der Waals surface area contributed by atoms with Crippen LogP contribution in [0.4, 0.5) is 0 Å². The number of hydrogen-bond donors (Lipinski definition) is 1. The number of pyridine rings is 1. The van der Waals surface area contributed by atoms with Crippen LogP contribution in [-0.4, -0.2) is 17.3 Å². The van der Waals surface area contributed by atoms with Crippen molar-refractivity contribution in [1.82, 2.24) is 10.3 Å². The van der Waals surface area contributed by atoms with Gasteiger partial charge in [-0.05, 0) is 34.1 Å². The first kappa shape index (κ1) is 12.7. The van der Waals surface area contributed by atoms with Gasteiger partial charge in [-0.1, -0.05) is 0 Å². The summed E-state index contributed by atoms with van der Waals surface area (Å²) in [6.45, 7) is 1.79. The number of nitrogens with one attached hydrogen (secondary N) is 1. The van der Waals surface area contributed by atoms with Gasteiger partial charge in [0.15, 0.2) is 0 Å². The molecule has 2 rings (SSSR count). The van der Waals surface area contributed by atoms with Gasteiger partial charge in [0.2, 0.25) is 0 Å². The molecule has 17 heavy (non-hydrogen) atoms. The molecule has 2 aromatic heterocycles. The predicted octanol–water partition coefficient (Wildman–Crippen LogP) is 3.32. The van der Waals surface area contributed by atoms with E-state index in [4.69, 9.17) is 4.42 Å². The Kier molecular flexibility index (Phi) is 5.09. The Morgan fingerprint density at radius 3 is 3.12 bits per heavy atom. The fourth-order valence-electron chi connectivity index (χ4n) is 1.32. The number of aromatic nitrogens is 1. The van der Waals surface area contributed by atoms with Gasteiger partial charge in [-0.15, -0.1) is 11.8 Å². The summed E-state index contributed by atoms with van der Waals surface area (Å²) in [7, 11) is 0. The molecule has 0 fully saturated rings. The maximum atomic E-state index is 5.00. The fourth-order valence-corrected chi connectivity index (χ4v) is 2.70. The van der Waals surface area contributed by atoms with E-state index < -0.39 is 0 Å². The van der Waals surface area contributed by atoms with E-state index in [1.165, 1.54) is 5.56 Å². The average molecular weight is 313 g/mol. The summed E-state index contributed by atoms with van der Waals surface area (Å²) >= 11 is 5.22. The smallest absolute Gasteiger partial charge is 0.110 e. The summed E-state index contributed by atoms with van der Waals surface area (Å²) in [6.07, 6.45) is 5.26. The summed E-state index contributed by atoms with van der Waals surface area (Å²) in [5.74, 6) is 0.994. The number of thioether (sulfide) groups is 1. The minimum Gasteiger partial charge on any atom is -0.472 e. The monoisotopic (exact) mass is 312 g/mol. The van der Waals surface area contributed by atoms with Gasteiger partial charge in [0.1, 0.15) is 5.03 Å². The highest BCUT2D eigenvalue weighted by atomic mass is 79.9. The van der Waals surface area contributed by atoms with Gasteiger partial charge in [-0.3, -0.25) is 0 Å². The van der Waals surface area contributed by atoms with Crippen LogP contribution in [0.3, 0.4) is 0 Å². The average Bonchev–Trinajstić information content (AvgIpc) is 2.84. The lowest BCUT2D eigenvalue weighted by Crippen LogP contribution is -2.16. The highest BCUT2D eigenvalue weighted by molar-refractivity contribution is 9.10. The maximum absolute atomic E-state index is 5.00. The van der Waals surface area contributed by atoms with E-state index >= 15 is 0 Å². The highest BCUT2D eigenvalue weighted by Crippen LogP contribution is 2.23. The summed E-state index contributed by atoms with van der Waals surface area (Å²) < 4.78 is 6.05. The van der Waals surface area contributed by atoms with Crippen LogP contribution in [0, 0.1) is 0 Å². The van der Waals surface area contributed by atoms with Crippen molar-refractivity contribution >= 4 is 27.7 Å². The Morgan fingerprint density at radius 1 is 1.41 bits per heavy atom. The van der Waals surface area contributed by atoms with E-state index in [9.17, 15) is 0 Å². The van der Waals surface area contributed by atoms with Gasteiger partial charge in [-0.2, -0.15) is 0 Å². The second-order valence-electron chi connectivity index (χ2n) is 3.45. The fraction of sp³-hybridized carbons (Fsp3) is 0.250. The second-order valence-corrected chi connectivity index (χ2v) is 5.39. The molecule has 2 aromatic rings. The molecule has 1 N–H and O–H groups in total. The minimum atomic E-state index is 0.848. The number of halogens is 1. The Labute approximate surface area is 113 Å². The van der Waals surface area contributed by atoms with Crippen LogP contribution in [0.1, 0.15) is 5.56 Å². The molecule has 0 amide bonds. The number of nitrogens with zero attached hydrogens (tertiary/aromatic N) is 1. The third-order valence-electron chi connectivity index (χ3n) is 2.15. The maximum Gasteiger partial charge on any atom is 0.110 e. The molecular weight excluding hydrogens is 300 g/mol. The minimum absolute atomic E-state index is 0.848. The number of rotatable bonds is 6. The molecular formula is C12H13BrN2OS. The van der Waals surface area contributed by atoms with Gasteiger partial charge < -0.3 is 9.73 Å². The Morgan fingerprint density at radius 2 is 2.35 bits per heavy atom. The summed E-state index contributed by atoms with van der Waals surface area (Å²) in [6, 6.07) is 5.90. The van der Waals surface area contributed by atoms with Gasteiger partial charge in [0.05, 0.1) is 12.5 Å². The lowest BCUT2D eigenvalue weighted by Gasteiger charge is -2.04. The summed E-state index contributed by atoms with van der Waals surface area (Å²) in [5, 5.41) is 4.39. The van der Waals surface area contributed by atoms with Crippen molar-refractivity contribution in [2.24, 2.45) is 0 Å². The molecule has 2 heterocycles. The van der Waals surface area contributed by atoms with Gasteiger partial charge in [-0.25, -0.2) is 4.98 Å². The number of furan rings is 1. The van der Waals surface area contributed by atoms with Crippen LogP contribution in [0.25, 0.3) is 0 Å². The first-order chi connectivity index (χ1) is 8.36. The lowest BCUT2D eigenvalue weighted by molar-refractivity contribution is 0.561. The van der Waals surface area contributed by atoms with Crippen LogP contribution in [0.2, 0.25) is 0 Å². The zero-order valence-electron chi connectivity index (χ0n) is 9.23. The molecule has 0 saturated heterocycles. The van der Waals surface area contributed by atoms with Crippen molar-refractivity contribution in [3.05, 3.63) is 47.0 Å². The van der Waals surface area contributed by atoms with Crippen LogP contribution in [0.15, 0.2) is 50.8 Å². The standard InChI is InChI=1S/C12H13BrN2OS/c13-11-2-1-4-15-12(11)17-7-5-14-8-10-3-6-16-9-10/h1-4,6,9,14H,5,7-8H2. The lowest BCUT2D eigenvalue weighted by atomic mass is 10.3. The SMILES string of the molecule is Brc1cccnc1SCCNCc1ccoc1. The Hall–Kier alpha value is -0.780. The first-order valence-electron chi connectivity index (χ1n) is 5.31. The largest absolute Gasteiger partial charge is 0.472 e. The highest BCUT2D eigenvalue weighted by Gasteiger charge is 2.00. The third-order valence-corrected chi connectivity index (χ3v) is 4.06. The Bertz CT molecular complexity index is 448. The van der Waals surface area contributed by atoms with E-state index in [1.807, 2.05) is 24.4 Å². The zero-order chi connectivity index (χ0) is 11.9. The second kappa shape index (κ2) is 6.83. The van der Waals surface area contributed by atoms with E-state index in [0.717, 1.165) is 28.3 Å². The summed E-state index contributed by atoms with van der Waals surface area (Å²) in [4.78, 5) is 4.30. The molecule has 5 heteroatoms. The van der Waals surface area contributed by atoms with E-state index in [2.05, 4.69) is 26.2 Å². The van der Waals surface area contributed by atoms with Crippen LogP contribution in [0.5, 0.6) is 0 Å². The van der Waals surface area contributed by atoms with E-state index in [0.29, 0.717) is 0 Å². The third kappa shape index (κ3) is 4.18. The van der Waals surface area contributed by atoms with Crippen LogP contribution in [-0.2, 0) is 6.54 Å². The molecule has 0 unspecified atom stereocenters. The normalized spacial score (nSPS) is 10.6. The van der Waals surface area contributed by atoms with Crippen molar-refractivity contribution in [2.75, 3.05) is 12.3 Å². The molecule has 0 atom stereocenters. The quantitative estimate of drug-likeness (QED) is 0.656. The molecule has 0 aliphatic rings. The first-order valence-corrected chi connectivity index (χ1v) is 7.09. The van der Waals surface area contributed by atoms with Gasteiger partial charge in [0, 0.05) is 35.1 Å². The van der Waals surface area contributed by atoms with Crippen molar-refractivity contribution in [1.29, 1.82) is 0 Å². The predicted molar refractivity (Wildman–Crippen MR) is 73.1 cm³/mol. The molecule has 0 aromatic carbocycles. The van der Waals surface area contributed by atoms with E-state index in [-0.39, 0.29) is 0 Å². The van der Waals surface area contributed by atoms with Crippen molar-refractivity contribution < 1.29 is 4.42 Å². The van der Waals surface area contributed by atoms with Crippen molar-refractivity contribution in [3.63, 3.8) is 0 Å². The zero-order valence-corrected chi connectivity index (χ0v) is 11.6. The molecule has 0 bridgehead atoms. The topological polar surface area (TPSA) is 38.1 Å². The van der Waals surface area contributed by atoms with Crippen molar-refractivity contribution in [3.8, 4) is 0 Å².